The van der Waals surface area contributed by atoms with Crippen LogP contribution in [0.1, 0.15) is 32.6 Å². The molecule has 0 atom stereocenters. The van der Waals surface area contributed by atoms with Crippen molar-refractivity contribution < 1.29 is 27.0 Å². The Kier molecular flexibility index (Phi) is 5.39. The number of ether oxygens (including phenoxy) is 2. The van der Waals surface area contributed by atoms with Crippen LogP contribution in [-0.2, 0) is 0 Å². The lowest BCUT2D eigenvalue weighted by Crippen LogP contribution is -2.37. The van der Waals surface area contributed by atoms with Gasteiger partial charge in [0.1, 0.15) is 17.3 Å². The molecule has 0 heterocycles. The summed E-state index contributed by atoms with van der Waals surface area (Å²) in [6, 6.07) is 8.37. The van der Waals surface area contributed by atoms with Gasteiger partial charge in [0.25, 0.3) is 0 Å². The fourth-order valence-corrected chi connectivity index (χ4v) is 3.09. The van der Waals surface area contributed by atoms with Gasteiger partial charge >= 0.3 is 6.11 Å². The lowest BCUT2D eigenvalue weighted by molar-refractivity contribution is -0.223. The van der Waals surface area contributed by atoms with Gasteiger partial charge in [-0.1, -0.05) is 19.8 Å². The molecular weight excluding hydrogens is 348 g/mol. The normalized spacial score (nSPS) is 20.7. The molecule has 0 unspecified atom stereocenters. The SMILES string of the molecule is CC1CCC(C(F)(F)Oc2ccc(Oc3ccc(F)cc3)c(F)c2)CC1. The van der Waals surface area contributed by atoms with Gasteiger partial charge in [0.05, 0.1) is 5.92 Å². The number of hydrogen-bond donors (Lipinski definition) is 0. The molecule has 1 aliphatic rings. The second-order valence-electron chi connectivity index (χ2n) is 6.77. The van der Waals surface area contributed by atoms with Crippen molar-refractivity contribution in [2.75, 3.05) is 0 Å². The van der Waals surface area contributed by atoms with E-state index >= 15 is 0 Å². The molecule has 3 rings (SSSR count). The first-order valence-electron chi connectivity index (χ1n) is 8.63. The predicted molar refractivity (Wildman–Crippen MR) is 89.6 cm³/mol. The largest absolute Gasteiger partial charge is 0.454 e. The minimum atomic E-state index is -3.34. The Morgan fingerprint density at radius 1 is 0.885 bits per heavy atom. The molecule has 6 heteroatoms. The van der Waals surface area contributed by atoms with Crippen molar-refractivity contribution in [1.29, 1.82) is 0 Å². The average molecular weight is 368 g/mol. The Balaban J connectivity index is 1.67. The van der Waals surface area contributed by atoms with Crippen LogP contribution in [0.2, 0.25) is 0 Å². The smallest absolute Gasteiger partial charge is 0.400 e. The topological polar surface area (TPSA) is 18.5 Å². The fourth-order valence-electron chi connectivity index (χ4n) is 3.09. The zero-order valence-electron chi connectivity index (χ0n) is 14.4. The van der Waals surface area contributed by atoms with Gasteiger partial charge in [0.15, 0.2) is 11.6 Å². The second-order valence-corrected chi connectivity index (χ2v) is 6.77. The summed E-state index contributed by atoms with van der Waals surface area (Å²) in [6.07, 6.45) is -1.08. The van der Waals surface area contributed by atoms with Gasteiger partial charge < -0.3 is 9.47 Å². The zero-order valence-corrected chi connectivity index (χ0v) is 14.4. The van der Waals surface area contributed by atoms with Gasteiger partial charge in [-0.25, -0.2) is 8.78 Å². The summed E-state index contributed by atoms with van der Waals surface area (Å²) in [7, 11) is 0. The van der Waals surface area contributed by atoms with Crippen LogP contribution in [0.5, 0.6) is 17.2 Å². The molecule has 0 spiro atoms. The summed E-state index contributed by atoms with van der Waals surface area (Å²) in [6.45, 7) is 2.05. The third kappa shape index (κ3) is 4.48. The summed E-state index contributed by atoms with van der Waals surface area (Å²) in [4.78, 5) is 0. The van der Waals surface area contributed by atoms with Crippen molar-refractivity contribution in [2.45, 2.75) is 38.7 Å². The predicted octanol–water partition coefficient (Wildman–Crippen LogP) is 6.56. The Bertz CT molecular complexity index is 738. The number of benzene rings is 2. The molecule has 0 aromatic heterocycles. The molecule has 26 heavy (non-hydrogen) atoms. The first kappa shape index (κ1) is 18.5. The maximum atomic E-state index is 14.3. The summed E-state index contributed by atoms with van der Waals surface area (Å²) in [5.41, 5.74) is 0. The highest BCUT2D eigenvalue weighted by Crippen LogP contribution is 2.40. The van der Waals surface area contributed by atoms with Gasteiger partial charge in [-0.05, 0) is 55.2 Å². The first-order chi connectivity index (χ1) is 12.3. The van der Waals surface area contributed by atoms with E-state index in [1.54, 1.807) is 0 Å². The van der Waals surface area contributed by atoms with Crippen LogP contribution in [0.25, 0.3) is 0 Å². The van der Waals surface area contributed by atoms with E-state index in [2.05, 4.69) is 0 Å². The van der Waals surface area contributed by atoms with Gasteiger partial charge in [-0.15, -0.1) is 0 Å². The van der Waals surface area contributed by atoms with Gasteiger partial charge in [-0.2, -0.15) is 8.78 Å². The molecule has 1 aliphatic carbocycles. The highest BCUT2D eigenvalue weighted by Gasteiger charge is 2.43. The summed E-state index contributed by atoms with van der Waals surface area (Å²) in [5.74, 6) is -1.86. The third-order valence-electron chi connectivity index (χ3n) is 4.69. The highest BCUT2D eigenvalue weighted by atomic mass is 19.3. The van der Waals surface area contributed by atoms with E-state index in [-0.39, 0.29) is 17.2 Å². The van der Waals surface area contributed by atoms with E-state index in [0.717, 1.165) is 18.9 Å². The molecule has 2 aromatic carbocycles. The van der Waals surface area contributed by atoms with E-state index in [1.807, 2.05) is 6.92 Å². The zero-order chi connectivity index (χ0) is 18.7. The van der Waals surface area contributed by atoms with Crippen LogP contribution in [0.3, 0.4) is 0 Å². The molecular formula is C20H20F4O2. The monoisotopic (exact) mass is 368 g/mol. The lowest BCUT2D eigenvalue weighted by atomic mass is 9.82. The van der Waals surface area contributed by atoms with Crippen LogP contribution >= 0.6 is 0 Å². The maximum Gasteiger partial charge on any atom is 0.400 e. The van der Waals surface area contributed by atoms with Gasteiger partial charge in [0, 0.05) is 6.07 Å². The molecule has 0 amide bonds. The number of halogens is 4. The van der Waals surface area contributed by atoms with Crippen molar-refractivity contribution in [2.24, 2.45) is 11.8 Å². The van der Waals surface area contributed by atoms with E-state index in [9.17, 15) is 17.6 Å². The molecule has 0 radical (unpaired) electrons. The fraction of sp³-hybridized carbons (Fsp3) is 0.400. The van der Waals surface area contributed by atoms with Crippen molar-refractivity contribution in [1.82, 2.24) is 0 Å². The molecule has 1 fully saturated rings. The Hall–Kier alpha value is -2.24. The van der Waals surface area contributed by atoms with Crippen LogP contribution < -0.4 is 9.47 Å². The van der Waals surface area contributed by atoms with Crippen LogP contribution in [-0.4, -0.2) is 6.11 Å². The van der Waals surface area contributed by atoms with E-state index in [0.29, 0.717) is 18.8 Å². The van der Waals surface area contributed by atoms with Crippen molar-refractivity contribution in [3.05, 3.63) is 54.1 Å². The summed E-state index contributed by atoms with van der Waals surface area (Å²) < 4.78 is 65.8. The minimum Gasteiger partial charge on any atom is -0.454 e. The van der Waals surface area contributed by atoms with Crippen LogP contribution in [0, 0.1) is 23.5 Å². The van der Waals surface area contributed by atoms with Gasteiger partial charge in [-0.3, -0.25) is 0 Å². The molecule has 2 aromatic rings. The number of hydrogen-bond acceptors (Lipinski definition) is 2. The molecule has 140 valence electrons. The molecule has 1 saturated carbocycles. The lowest BCUT2D eigenvalue weighted by Gasteiger charge is -2.32. The molecule has 0 bridgehead atoms. The highest BCUT2D eigenvalue weighted by molar-refractivity contribution is 5.37. The second kappa shape index (κ2) is 7.56. The van der Waals surface area contributed by atoms with E-state index in [1.165, 1.54) is 36.4 Å². The number of alkyl halides is 2. The quantitative estimate of drug-likeness (QED) is 0.557. The molecule has 0 saturated heterocycles. The molecule has 0 aliphatic heterocycles. The van der Waals surface area contributed by atoms with Crippen molar-refractivity contribution in [3.63, 3.8) is 0 Å². The van der Waals surface area contributed by atoms with Crippen molar-refractivity contribution in [3.8, 4) is 17.2 Å². The average Bonchev–Trinajstić information content (AvgIpc) is 2.59. The summed E-state index contributed by atoms with van der Waals surface area (Å²) >= 11 is 0. The number of rotatable bonds is 5. The van der Waals surface area contributed by atoms with E-state index < -0.39 is 23.7 Å². The third-order valence-corrected chi connectivity index (χ3v) is 4.69. The van der Waals surface area contributed by atoms with Crippen molar-refractivity contribution >= 4 is 0 Å². The van der Waals surface area contributed by atoms with Gasteiger partial charge in [0.2, 0.25) is 0 Å². The molecule has 0 N–H and O–H groups in total. The van der Waals surface area contributed by atoms with Crippen LogP contribution in [0.15, 0.2) is 42.5 Å². The minimum absolute atomic E-state index is 0.154. The molecule has 2 nitrogen and oxygen atoms in total. The first-order valence-corrected chi connectivity index (χ1v) is 8.63. The Labute approximate surface area is 149 Å². The summed E-state index contributed by atoms with van der Waals surface area (Å²) in [5, 5.41) is 0. The standard InChI is InChI=1S/C20H20F4O2/c1-13-2-4-14(5-3-13)20(23,24)26-17-10-11-19(18(22)12-17)25-16-8-6-15(21)7-9-16/h6-14H,2-5H2,1H3. The van der Waals surface area contributed by atoms with Crippen LogP contribution in [0.4, 0.5) is 17.6 Å². The Morgan fingerprint density at radius 2 is 1.50 bits per heavy atom. The Morgan fingerprint density at radius 3 is 2.12 bits per heavy atom. The van der Waals surface area contributed by atoms with E-state index in [4.69, 9.17) is 9.47 Å². The maximum absolute atomic E-state index is 14.3.